The van der Waals surface area contributed by atoms with E-state index in [9.17, 15) is 9.59 Å². The largest absolute Gasteiger partial charge is 0.473 e. The number of hydrogen-bond acceptors (Lipinski definition) is 7. The average molecular weight is 514 g/mol. The fourth-order valence-electron chi connectivity index (χ4n) is 4.82. The summed E-state index contributed by atoms with van der Waals surface area (Å²) >= 11 is 1.38. The molecule has 4 aromatic rings. The molecule has 0 bridgehead atoms. The van der Waals surface area contributed by atoms with Crippen LogP contribution in [-0.4, -0.2) is 81.8 Å². The molecule has 0 aliphatic carbocycles. The second-order valence-corrected chi connectivity index (χ2v) is 10.3. The molecule has 2 fully saturated rings. The van der Waals surface area contributed by atoms with E-state index in [1.165, 1.54) is 11.3 Å². The van der Waals surface area contributed by atoms with Gasteiger partial charge in [-0.1, -0.05) is 30.3 Å². The van der Waals surface area contributed by atoms with Crippen LogP contribution in [0.25, 0.3) is 10.9 Å². The molecule has 188 valence electrons. The second kappa shape index (κ2) is 10.3. The molecule has 0 atom stereocenters. The van der Waals surface area contributed by atoms with Crippen molar-refractivity contribution in [3.8, 4) is 5.88 Å². The third-order valence-corrected chi connectivity index (χ3v) is 7.80. The lowest BCUT2D eigenvalue weighted by Crippen LogP contribution is -2.64. The van der Waals surface area contributed by atoms with Crippen LogP contribution in [0.5, 0.6) is 5.88 Å². The Morgan fingerprint density at radius 3 is 2.43 bits per heavy atom. The van der Waals surface area contributed by atoms with E-state index < -0.39 is 0 Å². The van der Waals surface area contributed by atoms with Crippen LogP contribution in [-0.2, 0) is 6.61 Å². The van der Waals surface area contributed by atoms with Gasteiger partial charge in [0.1, 0.15) is 6.61 Å². The number of piperazine rings is 1. The number of nitrogens with zero attached hydrogens (tertiary/aromatic N) is 5. The number of benzene rings is 2. The van der Waals surface area contributed by atoms with Crippen molar-refractivity contribution in [3.63, 3.8) is 0 Å². The summed E-state index contributed by atoms with van der Waals surface area (Å²) in [5.74, 6) is 0.652. The van der Waals surface area contributed by atoms with Crippen LogP contribution in [0, 0.1) is 0 Å². The van der Waals surface area contributed by atoms with E-state index in [0.29, 0.717) is 42.2 Å². The first-order valence-electron chi connectivity index (χ1n) is 12.4. The van der Waals surface area contributed by atoms with Gasteiger partial charge in [0, 0.05) is 73.9 Å². The summed E-state index contributed by atoms with van der Waals surface area (Å²) in [6.07, 6.45) is 1.67. The van der Waals surface area contributed by atoms with Crippen molar-refractivity contribution in [2.45, 2.75) is 12.6 Å². The highest BCUT2D eigenvalue weighted by molar-refractivity contribution is 7.11. The summed E-state index contributed by atoms with van der Waals surface area (Å²) in [6.45, 7) is 4.87. The van der Waals surface area contributed by atoms with Gasteiger partial charge >= 0.3 is 0 Å². The molecule has 0 unspecified atom stereocenters. The van der Waals surface area contributed by atoms with Crippen molar-refractivity contribution in [3.05, 3.63) is 88.4 Å². The fourth-order valence-corrected chi connectivity index (χ4v) is 5.42. The van der Waals surface area contributed by atoms with Crippen LogP contribution in [0.2, 0.25) is 0 Å². The van der Waals surface area contributed by atoms with Crippen molar-refractivity contribution < 1.29 is 14.3 Å². The Bertz CT molecular complexity index is 1400. The van der Waals surface area contributed by atoms with Gasteiger partial charge < -0.3 is 14.5 Å². The molecule has 2 amide bonds. The van der Waals surface area contributed by atoms with Gasteiger partial charge in [0.15, 0.2) is 5.01 Å². The van der Waals surface area contributed by atoms with Gasteiger partial charge in [-0.3, -0.25) is 14.5 Å². The van der Waals surface area contributed by atoms with Crippen LogP contribution < -0.4 is 4.74 Å². The Morgan fingerprint density at radius 2 is 1.68 bits per heavy atom. The summed E-state index contributed by atoms with van der Waals surface area (Å²) in [7, 11) is 0. The van der Waals surface area contributed by atoms with Crippen LogP contribution in [0.15, 0.2) is 72.2 Å². The molecule has 2 aliphatic rings. The molecule has 2 aromatic heterocycles. The minimum absolute atomic E-state index is 0.0161. The van der Waals surface area contributed by atoms with Gasteiger partial charge in [-0.2, -0.15) is 0 Å². The molecular formula is C28H27N5O3S. The van der Waals surface area contributed by atoms with Crippen molar-refractivity contribution in [1.82, 2.24) is 24.7 Å². The number of ether oxygens (including phenoxy) is 1. The van der Waals surface area contributed by atoms with Gasteiger partial charge in [-0.15, -0.1) is 11.3 Å². The maximum atomic E-state index is 13.0. The lowest BCUT2D eigenvalue weighted by atomic mass is 10.0. The molecular weight excluding hydrogens is 486 g/mol. The predicted octanol–water partition coefficient (Wildman–Crippen LogP) is 3.55. The Balaban J connectivity index is 0.967. The molecule has 9 heteroatoms. The van der Waals surface area contributed by atoms with E-state index >= 15 is 0 Å². The Morgan fingerprint density at radius 1 is 0.892 bits per heavy atom. The highest BCUT2D eigenvalue weighted by Crippen LogP contribution is 2.22. The number of para-hydroxylation sites is 1. The smallest absolute Gasteiger partial charge is 0.282 e. The van der Waals surface area contributed by atoms with E-state index in [0.717, 1.165) is 42.6 Å². The number of thiazole rings is 1. The van der Waals surface area contributed by atoms with E-state index in [1.807, 2.05) is 75.8 Å². The number of carbonyl (C=O) groups is 2. The first kappa shape index (κ1) is 23.6. The minimum Gasteiger partial charge on any atom is -0.473 e. The summed E-state index contributed by atoms with van der Waals surface area (Å²) in [5.41, 5.74) is 2.57. The molecule has 0 radical (unpaired) electrons. The first-order valence-corrected chi connectivity index (χ1v) is 13.3. The number of amides is 2. The molecule has 37 heavy (non-hydrogen) atoms. The van der Waals surface area contributed by atoms with Crippen LogP contribution in [0.3, 0.4) is 0 Å². The highest BCUT2D eigenvalue weighted by Gasteiger charge is 2.37. The minimum atomic E-state index is 0.0161. The maximum absolute atomic E-state index is 13.0. The van der Waals surface area contributed by atoms with E-state index in [2.05, 4.69) is 14.9 Å². The number of fused-ring (bicyclic) bond motifs is 1. The molecule has 0 N–H and O–H groups in total. The molecule has 2 saturated heterocycles. The molecule has 4 heterocycles. The third-order valence-electron chi connectivity index (χ3n) is 7.04. The van der Waals surface area contributed by atoms with Gasteiger partial charge in [0.2, 0.25) is 5.88 Å². The lowest BCUT2D eigenvalue weighted by Gasteiger charge is -2.48. The van der Waals surface area contributed by atoms with Gasteiger partial charge in [-0.05, 0) is 29.8 Å². The summed E-state index contributed by atoms with van der Waals surface area (Å²) < 4.78 is 5.87. The van der Waals surface area contributed by atoms with E-state index in [-0.39, 0.29) is 11.8 Å². The van der Waals surface area contributed by atoms with E-state index in [4.69, 9.17) is 4.74 Å². The van der Waals surface area contributed by atoms with Crippen molar-refractivity contribution in [1.29, 1.82) is 0 Å². The number of carbonyl (C=O) groups excluding carboxylic acids is 2. The monoisotopic (exact) mass is 513 g/mol. The predicted molar refractivity (Wildman–Crippen MR) is 142 cm³/mol. The number of pyridine rings is 1. The molecule has 2 aliphatic heterocycles. The van der Waals surface area contributed by atoms with Crippen molar-refractivity contribution in [2.24, 2.45) is 0 Å². The Hall–Kier alpha value is -3.82. The zero-order chi connectivity index (χ0) is 25.2. The zero-order valence-electron chi connectivity index (χ0n) is 20.3. The van der Waals surface area contributed by atoms with E-state index in [1.54, 1.807) is 6.20 Å². The second-order valence-electron chi connectivity index (χ2n) is 9.36. The summed E-state index contributed by atoms with van der Waals surface area (Å²) in [5, 5.41) is 3.46. The SMILES string of the molecule is O=C(c1ccc(COc2ccc3ccccc3n2)cc1)N1CC(N2CCN(C(=O)c3nccs3)CC2)C1. The molecule has 2 aromatic carbocycles. The summed E-state index contributed by atoms with van der Waals surface area (Å²) in [6, 6.07) is 19.8. The first-order chi connectivity index (χ1) is 18.1. The molecule has 6 rings (SSSR count). The van der Waals surface area contributed by atoms with Gasteiger partial charge in [-0.25, -0.2) is 9.97 Å². The Labute approximate surface area is 219 Å². The zero-order valence-corrected chi connectivity index (χ0v) is 21.1. The molecule has 8 nitrogen and oxygen atoms in total. The third kappa shape index (κ3) is 5.05. The fraction of sp³-hybridized carbons (Fsp3) is 0.286. The average Bonchev–Trinajstić information content (AvgIpc) is 3.46. The van der Waals surface area contributed by atoms with Crippen molar-refractivity contribution >= 4 is 34.1 Å². The number of hydrogen-bond donors (Lipinski definition) is 0. The summed E-state index contributed by atoms with van der Waals surface area (Å²) in [4.78, 5) is 40.3. The van der Waals surface area contributed by atoms with Crippen molar-refractivity contribution in [2.75, 3.05) is 39.3 Å². The Kier molecular flexibility index (Phi) is 6.55. The number of likely N-dealkylation sites (tertiary alicyclic amines) is 1. The standard InChI is InChI=1S/C28H27N5O3S/c34-27(33-17-23(18-33)31-12-14-32(15-13-31)28(35)26-29-11-16-37-26)22-7-5-20(6-8-22)19-36-25-10-9-21-3-1-2-4-24(21)30-25/h1-11,16,23H,12-15,17-19H2. The lowest BCUT2D eigenvalue weighted by molar-refractivity contribution is 0.00853. The molecule has 0 spiro atoms. The normalized spacial score (nSPS) is 16.5. The highest BCUT2D eigenvalue weighted by atomic mass is 32.1. The number of aromatic nitrogens is 2. The van der Waals surface area contributed by atoms with Crippen LogP contribution in [0.1, 0.15) is 25.7 Å². The topological polar surface area (TPSA) is 78.9 Å². The molecule has 0 saturated carbocycles. The quantitative estimate of drug-likeness (QED) is 0.392. The van der Waals surface area contributed by atoms with Gasteiger partial charge in [0.05, 0.1) is 5.52 Å². The number of rotatable bonds is 6. The van der Waals surface area contributed by atoms with Gasteiger partial charge in [0.25, 0.3) is 11.8 Å². The maximum Gasteiger partial charge on any atom is 0.282 e. The van der Waals surface area contributed by atoms with Crippen LogP contribution >= 0.6 is 11.3 Å². The van der Waals surface area contributed by atoms with Crippen LogP contribution in [0.4, 0.5) is 0 Å².